The molecule has 2 aliphatic carbocycles. The second kappa shape index (κ2) is 9.11. The van der Waals surface area contributed by atoms with Crippen LogP contribution in [0.25, 0.3) is 0 Å². The number of halogens is 3. The lowest BCUT2D eigenvalue weighted by atomic mass is 9.95. The Balaban J connectivity index is 1.36. The Bertz CT molecular complexity index is 1170. The van der Waals surface area contributed by atoms with Gasteiger partial charge in [-0.15, -0.1) is 13.2 Å². The Morgan fingerprint density at radius 2 is 1.78 bits per heavy atom. The molecule has 8 nitrogen and oxygen atoms in total. The van der Waals surface area contributed by atoms with Crippen LogP contribution in [0.3, 0.4) is 0 Å². The SMILES string of the molecule is O=C(NC1CCCCC1)c1cnccc1CN1C(=O)N(c2ccc(OC(F)(F)F)cc2)C(=O)C12CC2. The fraction of sp³-hybridized carbons (Fsp3) is 0.440. The van der Waals surface area contributed by atoms with E-state index >= 15 is 0 Å². The van der Waals surface area contributed by atoms with Crippen LogP contribution in [-0.4, -0.2) is 45.7 Å². The normalized spacial score (nSPS) is 19.6. The molecule has 1 N–H and O–H groups in total. The van der Waals surface area contributed by atoms with Gasteiger partial charge in [-0.2, -0.15) is 0 Å². The van der Waals surface area contributed by atoms with Gasteiger partial charge in [-0.1, -0.05) is 19.3 Å². The first-order valence-corrected chi connectivity index (χ1v) is 11.9. The van der Waals surface area contributed by atoms with Gasteiger partial charge in [0.1, 0.15) is 11.3 Å². The predicted octanol–water partition coefficient (Wildman–Crippen LogP) is 4.54. The first-order chi connectivity index (χ1) is 17.2. The number of carbonyl (C=O) groups excluding carboxylic acids is 3. The number of urea groups is 1. The van der Waals surface area contributed by atoms with E-state index in [4.69, 9.17) is 0 Å². The smallest absolute Gasteiger partial charge is 0.406 e. The van der Waals surface area contributed by atoms with Gasteiger partial charge in [0.05, 0.1) is 11.3 Å². The van der Waals surface area contributed by atoms with Crippen LogP contribution in [0.4, 0.5) is 23.7 Å². The van der Waals surface area contributed by atoms with E-state index < -0.39 is 29.6 Å². The van der Waals surface area contributed by atoms with Crippen LogP contribution in [0, 0.1) is 0 Å². The van der Waals surface area contributed by atoms with Gasteiger partial charge in [0, 0.05) is 25.0 Å². The van der Waals surface area contributed by atoms with Crippen molar-refractivity contribution in [3.8, 4) is 5.75 Å². The monoisotopic (exact) mass is 502 g/mol. The van der Waals surface area contributed by atoms with Gasteiger partial charge in [0.25, 0.3) is 11.8 Å². The van der Waals surface area contributed by atoms with Crippen molar-refractivity contribution in [2.24, 2.45) is 0 Å². The van der Waals surface area contributed by atoms with E-state index in [1.807, 2.05) is 0 Å². The summed E-state index contributed by atoms with van der Waals surface area (Å²) < 4.78 is 41.3. The minimum atomic E-state index is -4.85. The standard InChI is InChI=1S/C25H25F3N4O4/c26-25(27,28)36-19-8-6-18(7-9-19)32-22(34)24(11-12-24)31(23(32)35)15-16-10-13-29-14-20(16)21(33)30-17-4-2-1-3-5-17/h6-10,13-14,17H,1-5,11-12,15H2,(H,30,33). The number of aromatic nitrogens is 1. The lowest BCUT2D eigenvalue weighted by Gasteiger charge is -2.25. The first kappa shape index (κ1) is 24.1. The number of rotatable bonds is 6. The maximum Gasteiger partial charge on any atom is 0.573 e. The summed E-state index contributed by atoms with van der Waals surface area (Å²) in [5.74, 6) is -1.14. The summed E-state index contributed by atoms with van der Waals surface area (Å²) >= 11 is 0. The lowest BCUT2D eigenvalue weighted by molar-refractivity contribution is -0.274. The maximum absolute atomic E-state index is 13.4. The molecule has 11 heteroatoms. The van der Waals surface area contributed by atoms with Gasteiger partial charge in [-0.3, -0.25) is 14.6 Å². The summed E-state index contributed by atoms with van der Waals surface area (Å²) in [5, 5.41) is 3.06. The molecule has 2 aromatic rings. The Kier molecular flexibility index (Phi) is 6.09. The highest BCUT2D eigenvalue weighted by atomic mass is 19.4. The number of nitrogens with one attached hydrogen (secondary N) is 1. The number of carbonyl (C=O) groups is 3. The largest absolute Gasteiger partial charge is 0.573 e. The predicted molar refractivity (Wildman–Crippen MR) is 122 cm³/mol. The molecule has 2 heterocycles. The molecule has 4 amide bonds. The van der Waals surface area contributed by atoms with E-state index in [9.17, 15) is 27.6 Å². The zero-order valence-corrected chi connectivity index (χ0v) is 19.4. The van der Waals surface area contributed by atoms with E-state index in [1.54, 1.807) is 6.07 Å². The lowest BCUT2D eigenvalue weighted by Crippen LogP contribution is -2.39. The van der Waals surface area contributed by atoms with Crippen molar-refractivity contribution in [2.45, 2.75) is 69.4 Å². The number of imide groups is 1. The van der Waals surface area contributed by atoms with Gasteiger partial charge in [0.2, 0.25) is 0 Å². The van der Waals surface area contributed by atoms with E-state index in [2.05, 4.69) is 15.0 Å². The average molecular weight is 502 g/mol. The summed E-state index contributed by atoms with van der Waals surface area (Å²) in [6.45, 7) is 0.0340. The van der Waals surface area contributed by atoms with Gasteiger partial charge in [0.15, 0.2) is 0 Å². The highest BCUT2D eigenvalue weighted by Gasteiger charge is 2.65. The van der Waals surface area contributed by atoms with Crippen LogP contribution < -0.4 is 15.0 Å². The van der Waals surface area contributed by atoms with Crippen molar-refractivity contribution in [1.29, 1.82) is 0 Å². The number of benzene rings is 1. The molecule has 1 aliphatic heterocycles. The molecule has 1 spiro atoms. The number of hydrogen-bond acceptors (Lipinski definition) is 5. The van der Waals surface area contributed by atoms with Gasteiger partial charge in [-0.05, 0) is 61.6 Å². The molecular weight excluding hydrogens is 477 g/mol. The molecule has 0 radical (unpaired) electrons. The molecule has 0 bridgehead atoms. The molecule has 190 valence electrons. The van der Waals surface area contributed by atoms with Gasteiger partial charge >= 0.3 is 12.4 Å². The third kappa shape index (κ3) is 4.61. The van der Waals surface area contributed by atoms with Crippen molar-refractivity contribution >= 4 is 23.5 Å². The van der Waals surface area contributed by atoms with Gasteiger partial charge in [-0.25, -0.2) is 9.69 Å². The molecule has 1 saturated heterocycles. The van der Waals surface area contributed by atoms with Crippen LogP contribution in [-0.2, 0) is 11.3 Å². The number of ether oxygens (including phenoxy) is 1. The Morgan fingerprint density at radius 3 is 2.42 bits per heavy atom. The summed E-state index contributed by atoms with van der Waals surface area (Å²) in [4.78, 5) is 46.2. The van der Waals surface area contributed by atoms with Crippen LogP contribution in [0.1, 0.15) is 60.9 Å². The number of nitrogens with zero attached hydrogens (tertiary/aromatic N) is 3. The highest BCUT2D eigenvalue weighted by Crippen LogP contribution is 2.50. The number of anilines is 1. The zero-order chi connectivity index (χ0) is 25.5. The molecule has 0 atom stereocenters. The van der Waals surface area contributed by atoms with Crippen molar-refractivity contribution < 1.29 is 32.3 Å². The molecule has 3 fully saturated rings. The minimum Gasteiger partial charge on any atom is -0.406 e. The summed E-state index contributed by atoms with van der Waals surface area (Å²) in [5.41, 5.74) is 0.0598. The second-order valence-corrected chi connectivity index (χ2v) is 9.42. The van der Waals surface area contributed by atoms with Crippen LogP contribution >= 0.6 is 0 Å². The summed E-state index contributed by atoms with van der Waals surface area (Å²) in [6, 6.07) is 5.78. The van der Waals surface area contributed by atoms with Crippen LogP contribution in [0.5, 0.6) is 5.75 Å². The summed E-state index contributed by atoms with van der Waals surface area (Å²) in [6.07, 6.45) is 4.23. The number of hydrogen-bond donors (Lipinski definition) is 1. The fourth-order valence-electron chi connectivity index (χ4n) is 5.01. The van der Waals surface area contributed by atoms with E-state index in [1.165, 1.54) is 29.4 Å². The fourth-order valence-corrected chi connectivity index (χ4v) is 5.01. The Morgan fingerprint density at radius 1 is 1.08 bits per heavy atom. The van der Waals surface area contributed by atoms with Crippen molar-refractivity contribution in [2.75, 3.05) is 4.90 Å². The van der Waals surface area contributed by atoms with E-state index in [0.717, 1.165) is 49.1 Å². The van der Waals surface area contributed by atoms with Crippen LogP contribution in [0.15, 0.2) is 42.7 Å². The van der Waals surface area contributed by atoms with Crippen molar-refractivity contribution in [3.63, 3.8) is 0 Å². The average Bonchev–Trinajstić information content (AvgIpc) is 3.62. The molecule has 1 aromatic heterocycles. The Labute approximate surface area is 205 Å². The molecule has 3 aliphatic rings. The number of pyridine rings is 1. The first-order valence-electron chi connectivity index (χ1n) is 11.9. The van der Waals surface area contributed by atoms with Crippen LogP contribution in [0.2, 0.25) is 0 Å². The third-order valence-corrected chi connectivity index (χ3v) is 7.02. The zero-order valence-electron chi connectivity index (χ0n) is 19.4. The van der Waals surface area contributed by atoms with E-state index in [0.29, 0.717) is 24.0 Å². The molecule has 5 rings (SSSR count). The molecule has 36 heavy (non-hydrogen) atoms. The van der Waals surface area contributed by atoms with Gasteiger partial charge < -0.3 is 15.0 Å². The highest BCUT2D eigenvalue weighted by molar-refractivity contribution is 6.24. The Hall–Kier alpha value is -3.63. The molecule has 1 aromatic carbocycles. The molecule has 0 unspecified atom stereocenters. The quantitative estimate of drug-likeness (QED) is 0.586. The molecule has 2 saturated carbocycles. The van der Waals surface area contributed by atoms with E-state index in [-0.39, 0.29) is 24.2 Å². The third-order valence-electron chi connectivity index (χ3n) is 7.02. The minimum absolute atomic E-state index is 0.0340. The number of amides is 4. The maximum atomic E-state index is 13.4. The van der Waals surface area contributed by atoms with Crippen molar-refractivity contribution in [3.05, 3.63) is 53.9 Å². The summed E-state index contributed by atoms with van der Waals surface area (Å²) in [7, 11) is 0. The van der Waals surface area contributed by atoms with Crippen molar-refractivity contribution in [1.82, 2.24) is 15.2 Å². The number of alkyl halides is 3. The molecular formula is C25H25F3N4O4. The topological polar surface area (TPSA) is 91.8 Å². The second-order valence-electron chi connectivity index (χ2n) is 9.42.